The van der Waals surface area contributed by atoms with Gasteiger partial charge in [-0.1, -0.05) is 43.5 Å². The van der Waals surface area contributed by atoms with Crippen molar-refractivity contribution in [2.45, 2.75) is 62.9 Å². The highest BCUT2D eigenvalue weighted by Gasteiger charge is 2.62. The Labute approximate surface area is 183 Å². The Hall–Kier alpha value is -2.82. The maximum Gasteiger partial charge on any atom is 0.319 e. The SMILES string of the molecule is CCOC(=O)[C@]12Cc3cc(OC)ccc3[C@H]1N(C1CCCCC1)C(=O)c1ccccc12. The minimum absolute atomic E-state index is 0.0380. The molecule has 2 atom stereocenters. The number of benzene rings is 2. The normalized spacial score (nSPS) is 24.9. The van der Waals surface area contributed by atoms with E-state index < -0.39 is 5.41 Å². The molecule has 1 heterocycles. The minimum atomic E-state index is -0.924. The third-order valence-electron chi connectivity index (χ3n) is 7.34. The molecule has 0 spiro atoms. The van der Waals surface area contributed by atoms with Crippen molar-refractivity contribution >= 4 is 11.9 Å². The first kappa shape index (κ1) is 20.1. The van der Waals surface area contributed by atoms with Crippen LogP contribution in [0.3, 0.4) is 0 Å². The standard InChI is InChI=1S/C26H29NO4/c1-3-31-25(29)26-16-17-15-19(30-2)13-14-20(17)23(26)27(18-9-5-4-6-10-18)24(28)21-11-7-8-12-22(21)26/h7-8,11-15,18,23H,3-6,9-10,16H2,1-2H3/t23-,26+/m1/s1. The molecule has 5 nitrogen and oxygen atoms in total. The van der Waals surface area contributed by atoms with E-state index in [0.29, 0.717) is 18.6 Å². The lowest BCUT2D eigenvalue weighted by Gasteiger charge is -2.49. The number of hydrogen-bond donors (Lipinski definition) is 0. The summed E-state index contributed by atoms with van der Waals surface area (Å²) in [4.78, 5) is 29.6. The van der Waals surface area contributed by atoms with Crippen molar-refractivity contribution in [2.75, 3.05) is 13.7 Å². The van der Waals surface area contributed by atoms with Crippen LogP contribution in [0.15, 0.2) is 42.5 Å². The van der Waals surface area contributed by atoms with Crippen LogP contribution in [-0.2, 0) is 21.4 Å². The zero-order valence-corrected chi connectivity index (χ0v) is 18.2. The van der Waals surface area contributed by atoms with Gasteiger partial charge in [-0.15, -0.1) is 0 Å². The van der Waals surface area contributed by atoms with E-state index in [0.717, 1.165) is 48.1 Å². The van der Waals surface area contributed by atoms with Crippen molar-refractivity contribution in [3.05, 3.63) is 64.7 Å². The van der Waals surface area contributed by atoms with Crippen LogP contribution in [0.1, 0.15) is 72.1 Å². The molecule has 0 aromatic heterocycles. The Bertz CT molecular complexity index is 1030. The Morgan fingerprint density at radius 1 is 1.13 bits per heavy atom. The summed E-state index contributed by atoms with van der Waals surface area (Å²) in [6.07, 6.45) is 5.91. The summed E-state index contributed by atoms with van der Waals surface area (Å²) in [7, 11) is 1.65. The molecule has 0 unspecified atom stereocenters. The van der Waals surface area contributed by atoms with E-state index in [4.69, 9.17) is 9.47 Å². The van der Waals surface area contributed by atoms with Crippen LogP contribution in [0.25, 0.3) is 0 Å². The fourth-order valence-electron chi connectivity index (χ4n) is 6.03. The molecule has 0 bridgehead atoms. The summed E-state index contributed by atoms with van der Waals surface area (Å²) in [5, 5.41) is 0. The Morgan fingerprint density at radius 2 is 1.90 bits per heavy atom. The van der Waals surface area contributed by atoms with E-state index in [1.54, 1.807) is 7.11 Å². The third kappa shape index (κ3) is 2.89. The molecule has 162 valence electrons. The second-order valence-corrected chi connectivity index (χ2v) is 8.89. The smallest absolute Gasteiger partial charge is 0.319 e. The highest BCUT2D eigenvalue weighted by Crippen LogP contribution is 2.57. The van der Waals surface area contributed by atoms with Crippen molar-refractivity contribution in [1.82, 2.24) is 4.90 Å². The Kier molecular flexibility index (Phi) is 4.99. The van der Waals surface area contributed by atoms with Crippen molar-refractivity contribution in [1.29, 1.82) is 0 Å². The molecular weight excluding hydrogens is 390 g/mol. The van der Waals surface area contributed by atoms with Gasteiger partial charge in [-0.3, -0.25) is 9.59 Å². The van der Waals surface area contributed by atoms with Gasteiger partial charge in [0.25, 0.3) is 5.91 Å². The summed E-state index contributed by atoms with van der Waals surface area (Å²) in [5.41, 5.74) is 2.61. The molecule has 3 aliphatic rings. The van der Waals surface area contributed by atoms with Gasteiger partial charge in [0.15, 0.2) is 0 Å². The van der Waals surface area contributed by atoms with Crippen LogP contribution >= 0.6 is 0 Å². The zero-order valence-electron chi connectivity index (χ0n) is 18.2. The first-order chi connectivity index (χ1) is 15.1. The number of amides is 1. The number of fused-ring (bicyclic) bond motifs is 5. The summed E-state index contributed by atoms with van der Waals surface area (Å²) in [6.45, 7) is 2.15. The van der Waals surface area contributed by atoms with E-state index >= 15 is 0 Å². The number of carbonyl (C=O) groups excluding carboxylic acids is 2. The summed E-state index contributed by atoms with van der Waals surface area (Å²) in [6, 6.07) is 13.4. The van der Waals surface area contributed by atoms with Crippen molar-refractivity contribution < 1.29 is 19.1 Å². The van der Waals surface area contributed by atoms with Gasteiger partial charge in [0.1, 0.15) is 11.2 Å². The van der Waals surface area contributed by atoms with E-state index in [1.165, 1.54) is 6.42 Å². The highest BCUT2D eigenvalue weighted by atomic mass is 16.5. The largest absolute Gasteiger partial charge is 0.497 e. The molecule has 2 aliphatic carbocycles. The quantitative estimate of drug-likeness (QED) is 0.681. The van der Waals surface area contributed by atoms with Crippen LogP contribution in [0.2, 0.25) is 0 Å². The third-order valence-corrected chi connectivity index (χ3v) is 7.34. The molecular formula is C26H29NO4. The molecule has 31 heavy (non-hydrogen) atoms. The van der Waals surface area contributed by atoms with Crippen molar-refractivity contribution in [3.63, 3.8) is 0 Å². The lowest BCUT2D eigenvalue weighted by Crippen LogP contribution is -2.57. The number of carbonyl (C=O) groups is 2. The van der Waals surface area contributed by atoms with Gasteiger partial charge in [-0.05, 0) is 61.1 Å². The molecule has 0 saturated heterocycles. The second-order valence-electron chi connectivity index (χ2n) is 8.89. The molecule has 5 heteroatoms. The number of hydrogen-bond acceptors (Lipinski definition) is 4. The zero-order chi connectivity index (χ0) is 21.6. The van der Waals surface area contributed by atoms with Crippen LogP contribution in [0.4, 0.5) is 0 Å². The van der Waals surface area contributed by atoms with E-state index in [-0.39, 0.29) is 24.0 Å². The number of ether oxygens (including phenoxy) is 2. The van der Waals surface area contributed by atoms with Gasteiger partial charge in [0.05, 0.1) is 19.8 Å². The molecule has 2 aromatic carbocycles. The number of nitrogens with zero attached hydrogens (tertiary/aromatic N) is 1. The monoisotopic (exact) mass is 419 g/mol. The summed E-state index contributed by atoms with van der Waals surface area (Å²) >= 11 is 0. The van der Waals surface area contributed by atoms with Crippen molar-refractivity contribution in [3.8, 4) is 5.75 Å². The summed E-state index contributed by atoms with van der Waals surface area (Å²) < 4.78 is 11.2. The molecule has 1 saturated carbocycles. The second kappa shape index (κ2) is 7.70. The van der Waals surface area contributed by atoms with Crippen LogP contribution in [0, 0.1) is 0 Å². The number of rotatable bonds is 4. The molecule has 0 N–H and O–H groups in total. The Morgan fingerprint density at radius 3 is 2.65 bits per heavy atom. The van der Waals surface area contributed by atoms with Crippen LogP contribution < -0.4 is 4.74 Å². The summed E-state index contributed by atoms with van der Waals surface area (Å²) in [5.74, 6) is 0.562. The maximum atomic E-state index is 13.9. The molecule has 0 radical (unpaired) electrons. The van der Waals surface area contributed by atoms with E-state index in [9.17, 15) is 9.59 Å². The van der Waals surface area contributed by atoms with Gasteiger partial charge < -0.3 is 14.4 Å². The van der Waals surface area contributed by atoms with Gasteiger partial charge >= 0.3 is 5.97 Å². The Balaban J connectivity index is 1.77. The topological polar surface area (TPSA) is 55.8 Å². The molecule has 1 fully saturated rings. The molecule has 1 amide bonds. The van der Waals surface area contributed by atoms with Gasteiger partial charge in [0, 0.05) is 11.6 Å². The maximum absolute atomic E-state index is 13.9. The van der Waals surface area contributed by atoms with Gasteiger partial charge in [-0.2, -0.15) is 0 Å². The van der Waals surface area contributed by atoms with Crippen molar-refractivity contribution in [2.24, 2.45) is 0 Å². The molecule has 1 aliphatic heterocycles. The van der Waals surface area contributed by atoms with Gasteiger partial charge in [0.2, 0.25) is 0 Å². The first-order valence-electron chi connectivity index (χ1n) is 11.4. The number of methoxy groups -OCH3 is 1. The highest BCUT2D eigenvalue weighted by molar-refractivity contribution is 6.03. The van der Waals surface area contributed by atoms with Crippen LogP contribution in [-0.4, -0.2) is 36.5 Å². The number of esters is 1. The fraction of sp³-hybridized carbons (Fsp3) is 0.462. The first-order valence-corrected chi connectivity index (χ1v) is 11.4. The predicted molar refractivity (Wildman–Crippen MR) is 117 cm³/mol. The average molecular weight is 420 g/mol. The predicted octanol–water partition coefficient (Wildman–Crippen LogP) is 4.58. The minimum Gasteiger partial charge on any atom is -0.497 e. The molecule has 2 aromatic rings. The van der Waals surface area contributed by atoms with E-state index in [1.807, 2.05) is 54.3 Å². The van der Waals surface area contributed by atoms with Crippen LogP contribution in [0.5, 0.6) is 5.75 Å². The lowest BCUT2D eigenvalue weighted by atomic mass is 9.68. The fourth-order valence-corrected chi connectivity index (χ4v) is 6.03. The molecule has 5 rings (SSSR count). The average Bonchev–Trinajstić information content (AvgIpc) is 3.15. The van der Waals surface area contributed by atoms with E-state index in [2.05, 4.69) is 0 Å². The lowest BCUT2D eigenvalue weighted by molar-refractivity contribution is -0.153. The van der Waals surface area contributed by atoms with Gasteiger partial charge in [-0.25, -0.2) is 0 Å².